The fourth-order valence-electron chi connectivity index (χ4n) is 2.25. The third-order valence-electron chi connectivity index (χ3n) is 3.40. The topological polar surface area (TPSA) is 72.9 Å². The first kappa shape index (κ1) is 13.3. The minimum Gasteiger partial charge on any atom is -0.395 e. The Hall–Kier alpha value is -1.14. The minimum absolute atomic E-state index is 0.0862. The Bertz CT molecular complexity index is 310. The van der Waals surface area contributed by atoms with E-state index in [0.717, 1.165) is 32.4 Å². The van der Waals surface area contributed by atoms with Gasteiger partial charge in [-0.1, -0.05) is 0 Å². The van der Waals surface area contributed by atoms with E-state index in [0.29, 0.717) is 13.1 Å². The smallest absolute Gasteiger partial charge is 0.312 e. The van der Waals surface area contributed by atoms with E-state index in [1.165, 1.54) is 4.90 Å². The van der Waals surface area contributed by atoms with Gasteiger partial charge in [0.15, 0.2) is 0 Å². The molecule has 0 unspecified atom stereocenters. The van der Waals surface area contributed by atoms with Crippen molar-refractivity contribution in [3.8, 4) is 0 Å². The first-order valence-corrected chi connectivity index (χ1v) is 6.65. The molecule has 0 aromatic carbocycles. The largest absolute Gasteiger partial charge is 0.395 e. The summed E-state index contributed by atoms with van der Waals surface area (Å²) in [6.45, 7) is 3.03. The van der Waals surface area contributed by atoms with Gasteiger partial charge in [0.2, 0.25) is 0 Å². The summed E-state index contributed by atoms with van der Waals surface area (Å²) < 4.78 is 0. The van der Waals surface area contributed by atoms with Gasteiger partial charge in [-0.3, -0.25) is 9.59 Å². The number of carbonyl (C=O) groups is 2. The van der Waals surface area contributed by atoms with Crippen LogP contribution in [0.1, 0.15) is 19.3 Å². The van der Waals surface area contributed by atoms with Crippen LogP contribution in [0.2, 0.25) is 0 Å². The molecule has 0 spiro atoms. The van der Waals surface area contributed by atoms with Crippen molar-refractivity contribution in [2.24, 2.45) is 0 Å². The molecule has 6 nitrogen and oxygen atoms in total. The molecule has 1 heterocycles. The molecule has 102 valence electrons. The maximum absolute atomic E-state index is 12.1. The highest BCUT2D eigenvalue weighted by atomic mass is 16.3. The molecule has 0 radical (unpaired) electrons. The average molecular weight is 255 g/mol. The Morgan fingerprint density at radius 1 is 1.28 bits per heavy atom. The maximum Gasteiger partial charge on any atom is 0.312 e. The number of aliphatic hydroxyl groups excluding tert-OH is 1. The zero-order valence-corrected chi connectivity index (χ0v) is 10.6. The Balaban J connectivity index is 1.94. The average Bonchev–Trinajstić information content (AvgIpc) is 3.19. The van der Waals surface area contributed by atoms with E-state index in [1.54, 1.807) is 4.90 Å². The molecule has 1 saturated heterocycles. The number of nitrogens with zero attached hydrogens (tertiary/aromatic N) is 2. The van der Waals surface area contributed by atoms with Gasteiger partial charge in [0.1, 0.15) is 0 Å². The van der Waals surface area contributed by atoms with Gasteiger partial charge in [0.25, 0.3) is 0 Å². The molecule has 2 fully saturated rings. The number of hydrogen-bond donors (Lipinski definition) is 2. The molecule has 2 aliphatic rings. The number of amides is 2. The van der Waals surface area contributed by atoms with E-state index in [2.05, 4.69) is 5.32 Å². The van der Waals surface area contributed by atoms with Crippen molar-refractivity contribution in [2.45, 2.75) is 25.3 Å². The third-order valence-corrected chi connectivity index (χ3v) is 3.40. The van der Waals surface area contributed by atoms with Gasteiger partial charge in [0, 0.05) is 32.2 Å². The van der Waals surface area contributed by atoms with Gasteiger partial charge >= 0.3 is 11.8 Å². The van der Waals surface area contributed by atoms with E-state index in [4.69, 9.17) is 5.11 Å². The molecule has 1 saturated carbocycles. The van der Waals surface area contributed by atoms with Crippen LogP contribution < -0.4 is 5.32 Å². The highest BCUT2D eigenvalue weighted by Crippen LogP contribution is 2.26. The number of rotatable bonds is 3. The summed E-state index contributed by atoms with van der Waals surface area (Å²) in [7, 11) is 0. The van der Waals surface area contributed by atoms with Crippen LogP contribution in [0.5, 0.6) is 0 Å². The second kappa shape index (κ2) is 6.15. The fourth-order valence-corrected chi connectivity index (χ4v) is 2.25. The number of hydrogen-bond acceptors (Lipinski definition) is 4. The van der Waals surface area contributed by atoms with Gasteiger partial charge in [-0.05, 0) is 25.8 Å². The van der Waals surface area contributed by atoms with Crippen molar-refractivity contribution in [2.75, 3.05) is 39.3 Å². The summed E-state index contributed by atoms with van der Waals surface area (Å²) in [5.74, 6) is -0.868. The van der Waals surface area contributed by atoms with Crippen LogP contribution in [0.15, 0.2) is 0 Å². The van der Waals surface area contributed by atoms with Crippen LogP contribution in [0.4, 0.5) is 0 Å². The van der Waals surface area contributed by atoms with Crippen molar-refractivity contribution in [1.82, 2.24) is 15.1 Å². The molecule has 0 aromatic rings. The molecule has 2 amide bonds. The SMILES string of the molecule is O=C(C(=O)N(CCO)C1CC1)N1CCCNCC1. The monoisotopic (exact) mass is 255 g/mol. The van der Waals surface area contributed by atoms with Crippen molar-refractivity contribution >= 4 is 11.8 Å². The molecule has 1 aliphatic heterocycles. The predicted molar refractivity (Wildman–Crippen MR) is 65.9 cm³/mol. The Morgan fingerprint density at radius 3 is 2.72 bits per heavy atom. The Labute approximate surface area is 107 Å². The summed E-state index contributed by atoms with van der Waals surface area (Å²) in [5.41, 5.74) is 0. The normalized spacial score (nSPS) is 20.4. The lowest BCUT2D eigenvalue weighted by Gasteiger charge is -2.25. The highest BCUT2D eigenvalue weighted by Gasteiger charge is 2.36. The molecule has 2 rings (SSSR count). The summed E-state index contributed by atoms with van der Waals surface area (Å²) in [5, 5.41) is 12.2. The lowest BCUT2D eigenvalue weighted by atomic mass is 10.3. The molecule has 6 heteroatoms. The minimum atomic E-state index is -0.451. The van der Waals surface area contributed by atoms with Gasteiger partial charge in [-0.25, -0.2) is 0 Å². The summed E-state index contributed by atoms with van der Waals surface area (Å²) in [4.78, 5) is 27.4. The van der Waals surface area contributed by atoms with Crippen molar-refractivity contribution < 1.29 is 14.7 Å². The third kappa shape index (κ3) is 3.20. The van der Waals surface area contributed by atoms with E-state index in [-0.39, 0.29) is 19.2 Å². The Morgan fingerprint density at radius 2 is 2.06 bits per heavy atom. The summed E-state index contributed by atoms with van der Waals surface area (Å²) in [6.07, 6.45) is 2.77. The van der Waals surface area contributed by atoms with Crippen molar-refractivity contribution in [1.29, 1.82) is 0 Å². The first-order valence-electron chi connectivity index (χ1n) is 6.65. The zero-order chi connectivity index (χ0) is 13.0. The van der Waals surface area contributed by atoms with Crippen molar-refractivity contribution in [3.05, 3.63) is 0 Å². The van der Waals surface area contributed by atoms with Gasteiger partial charge in [-0.2, -0.15) is 0 Å². The quantitative estimate of drug-likeness (QED) is 0.621. The van der Waals surface area contributed by atoms with E-state index in [9.17, 15) is 9.59 Å². The molecule has 1 aliphatic carbocycles. The van der Waals surface area contributed by atoms with E-state index < -0.39 is 11.8 Å². The molecular formula is C12H21N3O3. The Kier molecular flexibility index (Phi) is 4.54. The summed E-state index contributed by atoms with van der Waals surface area (Å²) in [6, 6.07) is 0.165. The van der Waals surface area contributed by atoms with E-state index in [1.807, 2.05) is 0 Å². The van der Waals surface area contributed by atoms with Crippen LogP contribution in [-0.4, -0.2) is 72.1 Å². The molecule has 0 atom stereocenters. The molecule has 0 aromatic heterocycles. The molecule has 0 bridgehead atoms. The van der Waals surface area contributed by atoms with Crippen LogP contribution in [0.25, 0.3) is 0 Å². The number of aliphatic hydroxyl groups is 1. The lowest BCUT2D eigenvalue weighted by molar-refractivity contribution is -0.152. The second-order valence-corrected chi connectivity index (χ2v) is 4.85. The van der Waals surface area contributed by atoms with Crippen LogP contribution in [-0.2, 0) is 9.59 Å². The number of nitrogens with one attached hydrogen (secondary N) is 1. The van der Waals surface area contributed by atoms with Crippen LogP contribution >= 0.6 is 0 Å². The zero-order valence-electron chi connectivity index (χ0n) is 10.6. The van der Waals surface area contributed by atoms with E-state index >= 15 is 0 Å². The first-order chi connectivity index (χ1) is 8.74. The van der Waals surface area contributed by atoms with Crippen LogP contribution in [0.3, 0.4) is 0 Å². The maximum atomic E-state index is 12.1. The molecular weight excluding hydrogens is 234 g/mol. The highest BCUT2D eigenvalue weighted by molar-refractivity contribution is 6.35. The standard InChI is InChI=1S/C12H21N3O3/c16-9-8-15(10-2-3-10)12(18)11(17)14-6-1-4-13-5-7-14/h10,13,16H,1-9H2. The molecule has 18 heavy (non-hydrogen) atoms. The fraction of sp³-hybridized carbons (Fsp3) is 0.833. The second-order valence-electron chi connectivity index (χ2n) is 4.85. The predicted octanol–water partition coefficient (Wildman–Crippen LogP) is -1.21. The van der Waals surface area contributed by atoms with Crippen LogP contribution in [0, 0.1) is 0 Å². The summed E-state index contributed by atoms with van der Waals surface area (Å²) >= 11 is 0. The lowest BCUT2D eigenvalue weighted by Crippen LogP contribution is -2.48. The molecule has 2 N–H and O–H groups in total. The van der Waals surface area contributed by atoms with Gasteiger partial charge in [-0.15, -0.1) is 0 Å². The van der Waals surface area contributed by atoms with Crippen molar-refractivity contribution in [3.63, 3.8) is 0 Å². The van der Waals surface area contributed by atoms with Gasteiger partial charge < -0.3 is 20.2 Å². The number of carbonyl (C=O) groups excluding carboxylic acids is 2. The van der Waals surface area contributed by atoms with Gasteiger partial charge in [0.05, 0.1) is 6.61 Å².